The number of carbonyl (C=O) groups is 1. The first-order valence-corrected chi connectivity index (χ1v) is 8.33. The molecule has 1 fully saturated rings. The molecule has 0 radical (unpaired) electrons. The van der Waals surface area contributed by atoms with E-state index in [1.54, 1.807) is 0 Å². The number of pyridine rings is 1. The molecule has 0 atom stereocenters. The van der Waals surface area contributed by atoms with E-state index in [9.17, 15) is 4.79 Å². The SMILES string of the molecule is Cc1nc2ccccc2n1CCC(=O)N1CC(c2ccccn2)C1. The predicted octanol–water partition coefficient (Wildman–Crippen LogP) is 2.76. The van der Waals surface area contributed by atoms with Crippen molar-refractivity contribution in [2.24, 2.45) is 0 Å². The molecule has 3 aromatic rings. The molecule has 0 bridgehead atoms. The Bertz CT molecular complexity index is 865. The van der Waals surface area contributed by atoms with E-state index in [1.807, 2.05) is 54.4 Å². The van der Waals surface area contributed by atoms with E-state index in [0.717, 1.165) is 35.6 Å². The molecule has 0 N–H and O–H groups in total. The van der Waals surface area contributed by atoms with Crippen molar-refractivity contribution >= 4 is 16.9 Å². The Kier molecular flexibility index (Phi) is 3.76. The second-order valence-corrected chi connectivity index (χ2v) is 6.30. The first-order chi connectivity index (χ1) is 11.7. The Morgan fingerprint density at radius 2 is 1.96 bits per heavy atom. The Hall–Kier alpha value is -2.69. The molecule has 0 unspecified atom stereocenters. The minimum atomic E-state index is 0.208. The van der Waals surface area contributed by atoms with Crippen LogP contribution in [0.15, 0.2) is 48.7 Å². The Morgan fingerprint density at radius 3 is 2.75 bits per heavy atom. The number of carbonyl (C=O) groups excluding carboxylic acids is 1. The zero-order chi connectivity index (χ0) is 16.5. The molecule has 4 rings (SSSR count). The number of hydrogen-bond donors (Lipinski definition) is 0. The van der Waals surface area contributed by atoms with Gasteiger partial charge in [0.25, 0.3) is 0 Å². The maximum absolute atomic E-state index is 12.4. The van der Waals surface area contributed by atoms with Crippen LogP contribution in [0, 0.1) is 6.92 Å². The summed E-state index contributed by atoms with van der Waals surface area (Å²) in [6.07, 6.45) is 2.32. The fraction of sp³-hybridized carbons (Fsp3) is 0.316. The van der Waals surface area contributed by atoms with E-state index >= 15 is 0 Å². The molecular formula is C19H20N4O. The van der Waals surface area contributed by atoms with E-state index in [0.29, 0.717) is 18.9 Å². The molecule has 1 amide bonds. The van der Waals surface area contributed by atoms with Crippen molar-refractivity contribution in [1.82, 2.24) is 19.4 Å². The normalized spacial score (nSPS) is 14.8. The predicted molar refractivity (Wildman–Crippen MR) is 92.6 cm³/mol. The molecule has 0 aliphatic carbocycles. The highest BCUT2D eigenvalue weighted by atomic mass is 16.2. The fourth-order valence-electron chi connectivity index (χ4n) is 3.33. The Labute approximate surface area is 140 Å². The van der Waals surface area contributed by atoms with Gasteiger partial charge >= 0.3 is 0 Å². The Morgan fingerprint density at radius 1 is 1.17 bits per heavy atom. The molecule has 5 nitrogen and oxygen atoms in total. The topological polar surface area (TPSA) is 51.0 Å². The van der Waals surface area contributed by atoms with Crippen molar-refractivity contribution in [2.45, 2.75) is 25.8 Å². The summed E-state index contributed by atoms with van der Waals surface area (Å²) >= 11 is 0. The third kappa shape index (κ3) is 2.66. The van der Waals surface area contributed by atoms with Gasteiger partial charge < -0.3 is 9.47 Å². The maximum Gasteiger partial charge on any atom is 0.224 e. The molecule has 1 saturated heterocycles. The Balaban J connectivity index is 1.37. The lowest BCUT2D eigenvalue weighted by Crippen LogP contribution is -2.48. The molecule has 122 valence electrons. The maximum atomic E-state index is 12.4. The number of aryl methyl sites for hydroxylation is 2. The van der Waals surface area contributed by atoms with Crippen molar-refractivity contribution in [3.8, 4) is 0 Å². The quantitative estimate of drug-likeness (QED) is 0.743. The van der Waals surface area contributed by atoms with E-state index in [4.69, 9.17) is 0 Å². The van der Waals surface area contributed by atoms with Gasteiger partial charge in [-0.15, -0.1) is 0 Å². The molecule has 1 aliphatic rings. The average molecular weight is 320 g/mol. The van der Waals surface area contributed by atoms with Crippen LogP contribution in [0.1, 0.15) is 23.9 Å². The van der Waals surface area contributed by atoms with Gasteiger partial charge in [0.2, 0.25) is 5.91 Å². The van der Waals surface area contributed by atoms with Crippen LogP contribution < -0.4 is 0 Å². The lowest BCUT2D eigenvalue weighted by molar-refractivity contribution is -0.135. The lowest BCUT2D eigenvalue weighted by Gasteiger charge is -2.39. The highest BCUT2D eigenvalue weighted by Gasteiger charge is 2.32. The number of hydrogen-bond acceptors (Lipinski definition) is 3. The molecule has 3 heterocycles. The molecule has 24 heavy (non-hydrogen) atoms. The van der Waals surface area contributed by atoms with Gasteiger partial charge in [-0.1, -0.05) is 18.2 Å². The van der Waals surface area contributed by atoms with Crippen molar-refractivity contribution in [1.29, 1.82) is 0 Å². The highest BCUT2D eigenvalue weighted by molar-refractivity contribution is 5.78. The van der Waals surface area contributed by atoms with Crippen molar-refractivity contribution < 1.29 is 4.79 Å². The zero-order valence-corrected chi connectivity index (χ0v) is 13.7. The summed E-state index contributed by atoms with van der Waals surface area (Å²) in [7, 11) is 0. The number of amides is 1. The number of imidazole rings is 1. The highest BCUT2D eigenvalue weighted by Crippen LogP contribution is 2.26. The van der Waals surface area contributed by atoms with Gasteiger partial charge in [-0.3, -0.25) is 9.78 Å². The van der Waals surface area contributed by atoms with Crippen LogP contribution in [0.25, 0.3) is 11.0 Å². The standard InChI is InChI=1S/C19H20N4O/c1-14-21-17-7-2-3-8-18(17)23(14)11-9-19(24)22-12-15(13-22)16-6-4-5-10-20-16/h2-8,10,15H,9,11-13H2,1H3. The summed E-state index contributed by atoms with van der Waals surface area (Å²) in [5.41, 5.74) is 3.16. The molecule has 2 aromatic heterocycles. The van der Waals surface area contributed by atoms with Crippen LogP contribution in [0.3, 0.4) is 0 Å². The summed E-state index contributed by atoms with van der Waals surface area (Å²) in [6, 6.07) is 14.0. The number of likely N-dealkylation sites (tertiary alicyclic amines) is 1. The van der Waals surface area contributed by atoms with Gasteiger partial charge in [-0.2, -0.15) is 0 Å². The smallest absolute Gasteiger partial charge is 0.224 e. The molecule has 1 aliphatic heterocycles. The molecule has 0 saturated carbocycles. The van der Waals surface area contributed by atoms with Gasteiger partial charge in [-0.25, -0.2) is 4.98 Å². The summed E-state index contributed by atoms with van der Waals surface area (Å²) in [5, 5.41) is 0. The summed E-state index contributed by atoms with van der Waals surface area (Å²) in [4.78, 5) is 23.3. The third-order valence-electron chi connectivity index (χ3n) is 4.73. The van der Waals surface area contributed by atoms with E-state index < -0.39 is 0 Å². The number of benzene rings is 1. The van der Waals surface area contributed by atoms with Gasteiger partial charge in [0, 0.05) is 43.9 Å². The van der Waals surface area contributed by atoms with E-state index in [2.05, 4.69) is 20.6 Å². The first kappa shape index (κ1) is 14.9. The van der Waals surface area contributed by atoms with Crippen molar-refractivity contribution in [3.05, 3.63) is 60.2 Å². The zero-order valence-electron chi connectivity index (χ0n) is 13.7. The van der Waals surface area contributed by atoms with Gasteiger partial charge in [0.05, 0.1) is 11.0 Å². The minimum absolute atomic E-state index is 0.208. The van der Waals surface area contributed by atoms with Crippen LogP contribution in [0.5, 0.6) is 0 Å². The number of rotatable bonds is 4. The second kappa shape index (κ2) is 6.07. The fourth-order valence-corrected chi connectivity index (χ4v) is 3.33. The molecule has 1 aromatic carbocycles. The molecular weight excluding hydrogens is 300 g/mol. The number of aromatic nitrogens is 3. The summed E-state index contributed by atoms with van der Waals surface area (Å²) < 4.78 is 2.13. The molecule has 0 spiro atoms. The van der Waals surface area contributed by atoms with Crippen LogP contribution in [-0.2, 0) is 11.3 Å². The third-order valence-corrected chi connectivity index (χ3v) is 4.73. The second-order valence-electron chi connectivity index (χ2n) is 6.30. The van der Waals surface area contributed by atoms with Gasteiger partial charge in [-0.05, 0) is 31.2 Å². The van der Waals surface area contributed by atoms with E-state index in [1.165, 1.54) is 0 Å². The summed E-state index contributed by atoms with van der Waals surface area (Å²) in [5.74, 6) is 1.55. The lowest BCUT2D eigenvalue weighted by atomic mass is 9.95. The number of nitrogens with zero attached hydrogens (tertiary/aromatic N) is 4. The largest absolute Gasteiger partial charge is 0.341 e. The number of para-hydroxylation sites is 2. The van der Waals surface area contributed by atoms with Crippen LogP contribution in [0.4, 0.5) is 0 Å². The first-order valence-electron chi connectivity index (χ1n) is 8.33. The van der Waals surface area contributed by atoms with Gasteiger partial charge in [0.15, 0.2) is 0 Å². The van der Waals surface area contributed by atoms with E-state index in [-0.39, 0.29) is 5.91 Å². The average Bonchev–Trinajstić information content (AvgIpc) is 2.88. The van der Waals surface area contributed by atoms with Crippen LogP contribution in [-0.4, -0.2) is 38.4 Å². The molecule has 5 heteroatoms. The number of fused-ring (bicyclic) bond motifs is 1. The van der Waals surface area contributed by atoms with Crippen LogP contribution >= 0.6 is 0 Å². The summed E-state index contributed by atoms with van der Waals surface area (Å²) in [6.45, 7) is 4.22. The van der Waals surface area contributed by atoms with Crippen molar-refractivity contribution in [3.63, 3.8) is 0 Å². The van der Waals surface area contributed by atoms with Crippen molar-refractivity contribution in [2.75, 3.05) is 13.1 Å². The van der Waals surface area contributed by atoms with Crippen LogP contribution in [0.2, 0.25) is 0 Å². The minimum Gasteiger partial charge on any atom is -0.341 e. The monoisotopic (exact) mass is 320 g/mol. The van der Waals surface area contributed by atoms with Gasteiger partial charge in [0.1, 0.15) is 5.82 Å².